The van der Waals surface area contributed by atoms with E-state index in [2.05, 4.69) is 29.5 Å². The molecule has 1 nitrogen and oxygen atoms in total. The number of hydrogen-bond acceptors (Lipinski definition) is 3. The van der Waals surface area contributed by atoms with Crippen molar-refractivity contribution in [1.29, 1.82) is 0 Å². The van der Waals surface area contributed by atoms with Crippen molar-refractivity contribution in [3.63, 3.8) is 0 Å². The fraction of sp³-hybridized carbons (Fsp3) is 0.250. The van der Waals surface area contributed by atoms with Gasteiger partial charge in [0.1, 0.15) is 0 Å². The highest BCUT2D eigenvalue weighted by Gasteiger charge is 1.90. The Balaban J connectivity index is 2.52. The van der Waals surface area contributed by atoms with Crippen molar-refractivity contribution in [2.45, 2.75) is 10.6 Å². The molecular weight excluding hydrogens is 174 g/mol. The normalized spacial score (nSPS) is 10.0. The van der Waals surface area contributed by atoms with Gasteiger partial charge in [-0.2, -0.15) is 0 Å². The molecule has 0 atom stereocenters. The summed E-state index contributed by atoms with van der Waals surface area (Å²) in [6.07, 6.45) is 0. The molecule has 0 aliphatic rings. The predicted octanol–water partition coefficient (Wildman–Crippen LogP) is 2.34. The summed E-state index contributed by atoms with van der Waals surface area (Å²) in [5.74, 6) is 1.00. The van der Waals surface area contributed by atoms with Gasteiger partial charge in [0.2, 0.25) is 0 Å². The maximum atomic E-state index is 4.20. The molecule has 0 amide bonds. The summed E-state index contributed by atoms with van der Waals surface area (Å²) in [7, 11) is 1.93. The highest BCUT2D eigenvalue weighted by molar-refractivity contribution is 7.96. The first kappa shape index (κ1) is 8.97. The molecule has 0 aliphatic carbocycles. The number of rotatable bonds is 3. The monoisotopic (exact) mass is 185 g/mol. The van der Waals surface area contributed by atoms with E-state index in [1.54, 1.807) is 11.9 Å². The van der Waals surface area contributed by atoms with E-state index in [0.29, 0.717) is 0 Å². The summed E-state index contributed by atoms with van der Waals surface area (Å²) in [5, 5.41) is 0. The Bertz CT molecular complexity index is 208. The van der Waals surface area contributed by atoms with Crippen molar-refractivity contribution in [2.75, 3.05) is 7.05 Å². The van der Waals surface area contributed by atoms with Crippen molar-refractivity contribution >= 4 is 24.6 Å². The van der Waals surface area contributed by atoms with Crippen LogP contribution in [0.1, 0.15) is 5.56 Å². The molecule has 0 aliphatic heterocycles. The maximum Gasteiger partial charge on any atom is 0.0330 e. The first-order valence-electron chi connectivity index (χ1n) is 3.39. The summed E-state index contributed by atoms with van der Waals surface area (Å²) in [4.78, 5) is 1.02. The van der Waals surface area contributed by atoms with Crippen LogP contribution in [0.25, 0.3) is 0 Å². The Kier molecular flexibility index (Phi) is 3.83. The summed E-state index contributed by atoms with van der Waals surface area (Å²) in [5.41, 5.74) is 1.32. The lowest BCUT2D eigenvalue weighted by molar-refractivity contribution is 1.26. The Morgan fingerprint density at radius 2 is 2.00 bits per heavy atom. The van der Waals surface area contributed by atoms with Gasteiger partial charge in [0.05, 0.1) is 0 Å². The van der Waals surface area contributed by atoms with Crippen LogP contribution in [-0.2, 0) is 5.75 Å². The second-order valence-electron chi connectivity index (χ2n) is 2.16. The standard InChI is InChI=1S/C8H11NS2/c1-9-11-6-7-2-4-8(10)5-3-7/h2-5,9-10H,6H2,1H3. The minimum atomic E-state index is 1.00. The lowest BCUT2D eigenvalue weighted by atomic mass is 10.2. The smallest absolute Gasteiger partial charge is 0.0330 e. The van der Waals surface area contributed by atoms with Gasteiger partial charge in [0.25, 0.3) is 0 Å². The first-order chi connectivity index (χ1) is 5.33. The lowest BCUT2D eigenvalue weighted by Crippen LogP contribution is -1.92. The van der Waals surface area contributed by atoms with Gasteiger partial charge >= 0.3 is 0 Å². The second kappa shape index (κ2) is 4.70. The zero-order valence-corrected chi connectivity index (χ0v) is 8.08. The van der Waals surface area contributed by atoms with Crippen LogP contribution >= 0.6 is 24.6 Å². The van der Waals surface area contributed by atoms with E-state index in [9.17, 15) is 0 Å². The Morgan fingerprint density at radius 1 is 1.36 bits per heavy atom. The Hall–Kier alpha value is -0.120. The molecule has 60 valence electrons. The van der Waals surface area contributed by atoms with Crippen LogP contribution in [0.3, 0.4) is 0 Å². The third-order valence-corrected chi connectivity index (χ3v) is 2.38. The van der Waals surface area contributed by atoms with Gasteiger partial charge in [0.15, 0.2) is 0 Å². The van der Waals surface area contributed by atoms with Crippen LogP contribution in [0.5, 0.6) is 0 Å². The fourth-order valence-corrected chi connectivity index (χ4v) is 1.40. The lowest BCUT2D eigenvalue weighted by Gasteiger charge is -1.99. The molecule has 1 aromatic carbocycles. The molecular formula is C8H11NS2. The second-order valence-corrected chi connectivity index (χ2v) is 3.66. The van der Waals surface area contributed by atoms with Gasteiger partial charge in [-0.3, -0.25) is 4.72 Å². The fourth-order valence-electron chi connectivity index (χ4n) is 0.748. The van der Waals surface area contributed by atoms with E-state index < -0.39 is 0 Å². The topological polar surface area (TPSA) is 12.0 Å². The van der Waals surface area contributed by atoms with Gasteiger partial charge in [-0.15, -0.1) is 12.6 Å². The van der Waals surface area contributed by atoms with E-state index >= 15 is 0 Å². The molecule has 0 heterocycles. The van der Waals surface area contributed by atoms with Gasteiger partial charge in [-0.05, 0) is 24.7 Å². The largest absolute Gasteiger partial charge is 0.267 e. The van der Waals surface area contributed by atoms with Crippen molar-refractivity contribution in [3.05, 3.63) is 29.8 Å². The Labute approximate surface area is 77.1 Å². The average Bonchev–Trinajstić information content (AvgIpc) is 2.04. The summed E-state index contributed by atoms with van der Waals surface area (Å²) in [6, 6.07) is 8.20. The van der Waals surface area contributed by atoms with Crippen LogP contribution in [0.15, 0.2) is 29.2 Å². The molecule has 0 fully saturated rings. The third kappa shape index (κ3) is 3.18. The third-order valence-electron chi connectivity index (χ3n) is 1.32. The average molecular weight is 185 g/mol. The number of nitrogens with one attached hydrogen (secondary N) is 1. The zero-order chi connectivity index (χ0) is 8.10. The van der Waals surface area contributed by atoms with E-state index in [-0.39, 0.29) is 0 Å². The van der Waals surface area contributed by atoms with Crippen molar-refractivity contribution in [3.8, 4) is 0 Å². The molecule has 1 rings (SSSR count). The van der Waals surface area contributed by atoms with Crippen molar-refractivity contribution in [1.82, 2.24) is 4.72 Å². The molecule has 1 aromatic rings. The predicted molar refractivity (Wildman–Crippen MR) is 54.0 cm³/mol. The van der Waals surface area contributed by atoms with Crippen LogP contribution in [0, 0.1) is 0 Å². The highest BCUT2D eigenvalue weighted by Crippen LogP contribution is 2.11. The summed E-state index contributed by atoms with van der Waals surface area (Å²) in [6.45, 7) is 0. The van der Waals surface area contributed by atoms with Crippen LogP contribution in [0.2, 0.25) is 0 Å². The number of hydrogen-bond donors (Lipinski definition) is 2. The van der Waals surface area contributed by atoms with Crippen molar-refractivity contribution in [2.24, 2.45) is 0 Å². The number of benzene rings is 1. The maximum absolute atomic E-state index is 4.20. The molecule has 0 saturated carbocycles. The van der Waals surface area contributed by atoms with Crippen LogP contribution in [0.4, 0.5) is 0 Å². The van der Waals surface area contributed by atoms with E-state index in [1.165, 1.54) is 5.56 Å². The molecule has 0 bridgehead atoms. The molecule has 1 N–H and O–H groups in total. The number of thiol groups is 1. The summed E-state index contributed by atoms with van der Waals surface area (Å²) < 4.78 is 3.03. The van der Waals surface area contributed by atoms with Gasteiger partial charge in [-0.1, -0.05) is 24.1 Å². The zero-order valence-electron chi connectivity index (χ0n) is 6.37. The molecule has 0 spiro atoms. The van der Waals surface area contributed by atoms with E-state index in [0.717, 1.165) is 10.6 Å². The quantitative estimate of drug-likeness (QED) is 0.554. The molecule has 0 aromatic heterocycles. The van der Waals surface area contributed by atoms with Gasteiger partial charge < -0.3 is 0 Å². The van der Waals surface area contributed by atoms with Gasteiger partial charge in [-0.25, -0.2) is 0 Å². The SMILES string of the molecule is CNSCc1ccc(S)cc1. The van der Waals surface area contributed by atoms with E-state index in [4.69, 9.17) is 0 Å². The van der Waals surface area contributed by atoms with Gasteiger partial charge in [0, 0.05) is 10.6 Å². The molecule has 0 radical (unpaired) electrons. The molecule has 0 unspecified atom stereocenters. The highest BCUT2D eigenvalue weighted by atomic mass is 32.2. The minimum absolute atomic E-state index is 1.00. The molecule has 11 heavy (non-hydrogen) atoms. The minimum Gasteiger partial charge on any atom is -0.267 e. The van der Waals surface area contributed by atoms with E-state index in [1.807, 2.05) is 19.2 Å². The first-order valence-corrected chi connectivity index (χ1v) is 4.82. The van der Waals surface area contributed by atoms with Crippen molar-refractivity contribution < 1.29 is 0 Å². The molecule has 0 saturated heterocycles. The van der Waals surface area contributed by atoms with Crippen LogP contribution < -0.4 is 4.72 Å². The van der Waals surface area contributed by atoms with Crippen LogP contribution in [-0.4, -0.2) is 7.05 Å². The Morgan fingerprint density at radius 3 is 2.55 bits per heavy atom. The molecule has 3 heteroatoms. The summed E-state index contributed by atoms with van der Waals surface area (Å²) >= 11 is 5.89.